The largest absolute Gasteiger partial charge is 0.418 e. The van der Waals surface area contributed by atoms with E-state index in [-0.39, 0.29) is 0 Å². The number of hydrogen-bond acceptors (Lipinski definition) is 2. The van der Waals surface area contributed by atoms with Gasteiger partial charge in [0.25, 0.3) is 0 Å². The summed E-state index contributed by atoms with van der Waals surface area (Å²) in [4.78, 5) is 0. The van der Waals surface area contributed by atoms with E-state index in [1.807, 2.05) is 6.92 Å². The van der Waals surface area contributed by atoms with Gasteiger partial charge >= 0.3 is 0 Å². The van der Waals surface area contributed by atoms with Crippen molar-refractivity contribution >= 4 is 14.5 Å². The molecule has 1 N–H and O–H groups in total. The predicted molar refractivity (Wildman–Crippen MR) is 47.3 cm³/mol. The third-order valence-electron chi connectivity index (χ3n) is 1.43. The van der Waals surface area contributed by atoms with Crippen LogP contribution in [-0.4, -0.2) is 21.1 Å². The average molecular weight is 159 g/mol. The second-order valence-electron chi connectivity index (χ2n) is 2.94. The van der Waals surface area contributed by atoms with Gasteiger partial charge in [0.15, 0.2) is 8.32 Å². The first-order chi connectivity index (χ1) is 4.62. The quantitative estimate of drug-likeness (QED) is 0.484. The minimum absolute atomic E-state index is 0.817. The van der Waals surface area contributed by atoms with Crippen LogP contribution in [0.1, 0.15) is 13.3 Å². The zero-order valence-electron chi connectivity index (χ0n) is 7.11. The number of hydrogen-bond donors (Lipinski definition) is 1. The van der Waals surface area contributed by atoms with Crippen molar-refractivity contribution in [3.05, 3.63) is 0 Å². The molecule has 2 nitrogen and oxygen atoms in total. The van der Waals surface area contributed by atoms with E-state index in [1.54, 1.807) is 0 Å². The van der Waals surface area contributed by atoms with E-state index >= 15 is 0 Å². The Labute approximate surface area is 64.2 Å². The first-order valence-corrected chi connectivity index (χ1v) is 6.87. The van der Waals surface area contributed by atoms with E-state index in [4.69, 9.17) is 9.84 Å². The molecule has 0 aromatic heterocycles. The smallest absolute Gasteiger partial charge is 0.187 e. The minimum atomic E-state index is -1.38. The summed E-state index contributed by atoms with van der Waals surface area (Å²) in [6.07, 6.45) is 2.34. The van der Waals surface area contributed by atoms with Crippen molar-refractivity contribution < 1.29 is 4.43 Å². The zero-order valence-corrected chi connectivity index (χ0v) is 8.11. The summed E-state index contributed by atoms with van der Waals surface area (Å²) in [5, 5.41) is 6.86. The first-order valence-electron chi connectivity index (χ1n) is 3.75. The lowest BCUT2D eigenvalue weighted by molar-refractivity contribution is 0.329. The van der Waals surface area contributed by atoms with Gasteiger partial charge in [-0.05, 0) is 38.7 Å². The number of rotatable bonds is 5. The Morgan fingerprint density at radius 3 is 2.50 bits per heavy atom. The van der Waals surface area contributed by atoms with Crippen LogP contribution < -0.4 is 0 Å². The van der Waals surface area contributed by atoms with E-state index < -0.39 is 8.32 Å². The standard InChI is InChI=1S/C7H17NOSi/c1-4-9-10(2,3)7-5-6-8/h6,8H,4-5,7H2,1-3H3. The lowest BCUT2D eigenvalue weighted by Gasteiger charge is -2.20. The van der Waals surface area contributed by atoms with E-state index in [0.717, 1.165) is 19.1 Å². The van der Waals surface area contributed by atoms with Crippen LogP contribution >= 0.6 is 0 Å². The van der Waals surface area contributed by atoms with Crippen LogP contribution in [0.15, 0.2) is 0 Å². The summed E-state index contributed by atoms with van der Waals surface area (Å²) >= 11 is 0. The summed E-state index contributed by atoms with van der Waals surface area (Å²) in [6.45, 7) is 7.23. The maximum atomic E-state index is 6.86. The maximum Gasteiger partial charge on any atom is 0.187 e. The van der Waals surface area contributed by atoms with Crippen molar-refractivity contribution in [2.75, 3.05) is 6.61 Å². The summed E-state index contributed by atoms with van der Waals surface area (Å²) in [5.41, 5.74) is 0. The van der Waals surface area contributed by atoms with Crippen molar-refractivity contribution in [3.63, 3.8) is 0 Å². The van der Waals surface area contributed by atoms with Crippen LogP contribution in [0.3, 0.4) is 0 Å². The second-order valence-corrected chi connectivity index (χ2v) is 7.24. The Balaban J connectivity index is 3.51. The lowest BCUT2D eigenvalue weighted by atomic mass is 10.5. The van der Waals surface area contributed by atoms with Crippen LogP contribution in [0.4, 0.5) is 0 Å². The first kappa shape index (κ1) is 9.85. The van der Waals surface area contributed by atoms with Crippen molar-refractivity contribution in [1.82, 2.24) is 0 Å². The molecule has 0 saturated carbocycles. The van der Waals surface area contributed by atoms with Crippen molar-refractivity contribution in [1.29, 1.82) is 5.41 Å². The Morgan fingerprint density at radius 1 is 1.50 bits per heavy atom. The molecule has 60 valence electrons. The molecule has 3 heteroatoms. The lowest BCUT2D eigenvalue weighted by Crippen LogP contribution is -2.29. The van der Waals surface area contributed by atoms with E-state index in [2.05, 4.69) is 13.1 Å². The average Bonchev–Trinajstić information content (AvgIpc) is 1.84. The fourth-order valence-corrected chi connectivity index (χ4v) is 2.65. The van der Waals surface area contributed by atoms with Gasteiger partial charge in [-0.2, -0.15) is 0 Å². The molecule has 0 saturated heterocycles. The fraction of sp³-hybridized carbons (Fsp3) is 0.857. The highest BCUT2D eigenvalue weighted by atomic mass is 28.4. The summed E-state index contributed by atoms with van der Waals surface area (Å²) in [6, 6.07) is 1.07. The molecule has 0 aromatic carbocycles. The van der Waals surface area contributed by atoms with Gasteiger partial charge in [0, 0.05) is 6.61 Å². The van der Waals surface area contributed by atoms with Crippen LogP contribution in [0, 0.1) is 5.41 Å². The Kier molecular flexibility index (Phi) is 4.56. The molecule has 0 aliphatic carbocycles. The molecule has 10 heavy (non-hydrogen) atoms. The molecule has 0 atom stereocenters. The molecule has 0 rings (SSSR count). The molecule has 0 aliphatic heterocycles. The van der Waals surface area contributed by atoms with E-state index in [9.17, 15) is 0 Å². The summed E-state index contributed by atoms with van der Waals surface area (Å²) in [7, 11) is -1.38. The Morgan fingerprint density at radius 2 is 2.10 bits per heavy atom. The maximum absolute atomic E-state index is 6.86. The molecular weight excluding hydrogens is 142 g/mol. The van der Waals surface area contributed by atoms with Gasteiger partial charge in [0.2, 0.25) is 0 Å². The molecule has 0 radical (unpaired) electrons. The summed E-state index contributed by atoms with van der Waals surface area (Å²) in [5.74, 6) is 0. The SMILES string of the molecule is CCO[Si](C)(C)CCC=N. The van der Waals surface area contributed by atoms with Crippen LogP contribution in [0.2, 0.25) is 19.1 Å². The highest BCUT2D eigenvalue weighted by molar-refractivity contribution is 6.71. The van der Waals surface area contributed by atoms with Crippen LogP contribution in [0.5, 0.6) is 0 Å². The minimum Gasteiger partial charge on any atom is -0.418 e. The Bertz CT molecular complexity index is 104. The highest BCUT2D eigenvalue weighted by Crippen LogP contribution is 2.11. The van der Waals surface area contributed by atoms with Gasteiger partial charge in [-0.15, -0.1) is 0 Å². The van der Waals surface area contributed by atoms with Gasteiger partial charge in [-0.25, -0.2) is 0 Å². The Hall–Kier alpha value is -0.153. The monoisotopic (exact) mass is 159 g/mol. The third kappa shape index (κ3) is 4.70. The molecule has 0 unspecified atom stereocenters. The highest BCUT2D eigenvalue weighted by Gasteiger charge is 2.19. The fourth-order valence-electron chi connectivity index (χ4n) is 0.883. The van der Waals surface area contributed by atoms with Gasteiger partial charge in [-0.3, -0.25) is 0 Å². The van der Waals surface area contributed by atoms with Gasteiger partial charge in [0.05, 0.1) is 0 Å². The van der Waals surface area contributed by atoms with Crippen molar-refractivity contribution in [2.24, 2.45) is 0 Å². The van der Waals surface area contributed by atoms with E-state index in [1.165, 1.54) is 6.21 Å². The molecule has 0 aliphatic rings. The van der Waals surface area contributed by atoms with Gasteiger partial charge in [-0.1, -0.05) is 0 Å². The van der Waals surface area contributed by atoms with Crippen molar-refractivity contribution in [2.45, 2.75) is 32.5 Å². The molecule has 0 amide bonds. The normalized spacial score (nSPS) is 11.5. The van der Waals surface area contributed by atoms with Gasteiger partial charge in [0.1, 0.15) is 0 Å². The molecule has 0 spiro atoms. The topological polar surface area (TPSA) is 33.1 Å². The predicted octanol–water partition coefficient (Wildman–Crippen LogP) is 2.27. The van der Waals surface area contributed by atoms with Crippen molar-refractivity contribution in [3.8, 4) is 0 Å². The molecule has 0 fully saturated rings. The summed E-state index contributed by atoms with van der Waals surface area (Å²) < 4.78 is 5.57. The zero-order chi connectivity index (χ0) is 8.04. The molecule has 0 aromatic rings. The van der Waals surface area contributed by atoms with E-state index in [0.29, 0.717) is 0 Å². The molecule has 0 bridgehead atoms. The van der Waals surface area contributed by atoms with Crippen LogP contribution in [0.25, 0.3) is 0 Å². The third-order valence-corrected chi connectivity index (χ3v) is 3.99. The molecule has 0 heterocycles. The number of nitrogens with one attached hydrogen (secondary N) is 1. The second kappa shape index (κ2) is 4.63. The van der Waals surface area contributed by atoms with Gasteiger partial charge < -0.3 is 9.84 Å². The van der Waals surface area contributed by atoms with Crippen LogP contribution in [-0.2, 0) is 4.43 Å². The molecular formula is C7H17NOSi.